The highest BCUT2D eigenvalue weighted by atomic mass is 15.0. The van der Waals surface area contributed by atoms with Crippen molar-refractivity contribution in [3.63, 3.8) is 0 Å². The number of aromatic nitrogens is 1. The molecule has 0 fully saturated rings. The normalized spacial score (nSPS) is 12.9. The van der Waals surface area contributed by atoms with Crippen LogP contribution in [0.15, 0.2) is 23.5 Å². The summed E-state index contributed by atoms with van der Waals surface area (Å²) in [4.78, 5) is 6.94. The molecule has 0 bridgehead atoms. The molecule has 0 spiro atoms. The first-order valence-electron chi connectivity index (χ1n) is 2.69. The molecule has 1 aromatic heterocycles. The molecule has 3 heteroatoms. The van der Waals surface area contributed by atoms with Crippen molar-refractivity contribution in [3.05, 3.63) is 18.5 Å². The van der Waals surface area contributed by atoms with E-state index in [1.807, 2.05) is 12.3 Å². The van der Waals surface area contributed by atoms with Crippen LogP contribution < -0.4 is 5.32 Å². The Morgan fingerprint density at radius 1 is 1.56 bits per heavy atom. The Morgan fingerprint density at radius 3 is 3.44 bits per heavy atom. The molecule has 0 atom stereocenters. The van der Waals surface area contributed by atoms with E-state index in [2.05, 4.69) is 21.2 Å². The molecule has 9 heavy (non-hydrogen) atoms. The lowest BCUT2D eigenvalue weighted by Gasteiger charge is -1.98. The van der Waals surface area contributed by atoms with Gasteiger partial charge in [-0.3, -0.25) is 0 Å². The smallest absolute Gasteiger partial charge is 0.135 e. The van der Waals surface area contributed by atoms with Gasteiger partial charge in [0, 0.05) is 12.1 Å². The van der Waals surface area contributed by atoms with Crippen LogP contribution in [0.4, 0.5) is 11.5 Å². The standard InChI is InChI=1S/C6H5N3/c1-2-8-6-5(1)7-3-4-9-6/h1-2,4,8-9H. The highest BCUT2D eigenvalue weighted by Gasteiger charge is 2.00. The second-order valence-corrected chi connectivity index (χ2v) is 1.77. The number of hydrogen-bond donors (Lipinski definition) is 2. The van der Waals surface area contributed by atoms with Crippen molar-refractivity contribution < 1.29 is 0 Å². The summed E-state index contributed by atoms with van der Waals surface area (Å²) in [7, 11) is 0. The molecule has 0 aliphatic carbocycles. The van der Waals surface area contributed by atoms with Crippen LogP contribution >= 0.6 is 0 Å². The van der Waals surface area contributed by atoms with Crippen molar-refractivity contribution in [1.29, 1.82) is 0 Å². The van der Waals surface area contributed by atoms with Gasteiger partial charge in [0.15, 0.2) is 0 Å². The molecule has 0 saturated carbocycles. The summed E-state index contributed by atoms with van der Waals surface area (Å²) >= 11 is 0. The number of aromatic amines is 1. The fourth-order valence-corrected chi connectivity index (χ4v) is 0.776. The predicted molar refractivity (Wildman–Crippen MR) is 36.1 cm³/mol. The third-order valence-electron chi connectivity index (χ3n) is 1.19. The lowest BCUT2D eigenvalue weighted by molar-refractivity contribution is 1.36. The van der Waals surface area contributed by atoms with Gasteiger partial charge in [0.1, 0.15) is 11.5 Å². The topological polar surface area (TPSA) is 40.2 Å². The zero-order chi connectivity index (χ0) is 6.10. The van der Waals surface area contributed by atoms with E-state index in [9.17, 15) is 0 Å². The lowest BCUT2D eigenvalue weighted by atomic mass is 10.5. The van der Waals surface area contributed by atoms with Gasteiger partial charge in [-0.15, -0.1) is 0 Å². The summed E-state index contributed by atoms with van der Waals surface area (Å²) in [6.45, 7) is 0. The van der Waals surface area contributed by atoms with E-state index in [0.29, 0.717) is 0 Å². The van der Waals surface area contributed by atoms with Crippen LogP contribution in [-0.2, 0) is 0 Å². The maximum Gasteiger partial charge on any atom is 0.135 e. The van der Waals surface area contributed by atoms with Crippen LogP contribution in [0.1, 0.15) is 0 Å². The molecule has 0 saturated heterocycles. The van der Waals surface area contributed by atoms with Gasteiger partial charge in [0.25, 0.3) is 0 Å². The molecule has 44 valence electrons. The largest absolute Gasteiger partial charge is 0.346 e. The van der Waals surface area contributed by atoms with Crippen molar-refractivity contribution in [3.8, 4) is 0 Å². The fourth-order valence-electron chi connectivity index (χ4n) is 0.776. The monoisotopic (exact) mass is 119 g/mol. The molecular formula is C6H5N3. The van der Waals surface area contributed by atoms with Gasteiger partial charge in [-0.1, -0.05) is 0 Å². The molecule has 0 radical (unpaired) electrons. The van der Waals surface area contributed by atoms with Gasteiger partial charge in [-0.25, -0.2) is 4.99 Å². The number of rotatable bonds is 0. The second-order valence-electron chi connectivity index (χ2n) is 1.77. The molecule has 2 N–H and O–H groups in total. The summed E-state index contributed by atoms with van der Waals surface area (Å²) in [5.74, 6) is 3.63. The fraction of sp³-hybridized carbons (Fsp3) is 0. The number of anilines is 1. The number of nitrogens with zero attached hydrogens (tertiary/aromatic N) is 1. The number of nitrogens with one attached hydrogen (secondary N) is 2. The summed E-state index contributed by atoms with van der Waals surface area (Å²) in [6, 6.07) is 1.89. The highest BCUT2D eigenvalue weighted by molar-refractivity contribution is 5.74. The van der Waals surface area contributed by atoms with E-state index in [4.69, 9.17) is 0 Å². The predicted octanol–water partition coefficient (Wildman–Crippen LogP) is 1.26. The van der Waals surface area contributed by atoms with Gasteiger partial charge < -0.3 is 10.3 Å². The molecule has 1 aliphatic heterocycles. The molecule has 3 nitrogen and oxygen atoms in total. The third-order valence-corrected chi connectivity index (χ3v) is 1.19. The summed E-state index contributed by atoms with van der Waals surface area (Å²) in [6.07, 6.45) is 3.50. The number of fused-ring (bicyclic) bond motifs is 1. The number of aliphatic imine (C=N–C) groups is 1. The average Bonchev–Trinajstić information content (AvgIpc) is 2.33. The van der Waals surface area contributed by atoms with Gasteiger partial charge in [0.05, 0.1) is 6.20 Å². The minimum Gasteiger partial charge on any atom is -0.346 e. The molecule has 2 rings (SSSR count). The minimum absolute atomic E-state index is 0.914. The van der Waals surface area contributed by atoms with Crippen LogP contribution in [0.3, 0.4) is 0 Å². The summed E-state index contributed by atoms with van der Waals surface area (Å²) in [5, 5.41) is 2.96. The van der Waals surface area contributed by atoms with E-state index < -0.39 is 0 Å². The molecular weight excluding hydrogens is 114 g/mol. The Morgan fingerprint density at radius 2 is 2.56 bits per heavy atom. The van der Waals surface area contributed by atoms with Crippen molar-refractivity contribution in [2.24, 2.45) is 4.99 Å². The first kappa shape index (κ1) is 4.41. The second kappa shape index (κ2) is 1.50. The van der Waals surface area contributed by atoms with Gasteiger partial charge in [-0.2, -0.15) is 0 Å². The Bertz CT molecular complexity index is 278. The molecule has 0 unspecified atom stereocenters. The van der Waals surface area contributed by atoms with E-state index in [0.717, 1.165) is 11.5 Å². The van der Waals surface area contributed by atoms with E-state index in [1.54, 1.807) is 6.20 Å². The SMILES string of the molecule is C1=CNc2[nH]ccc2N=1. The zero-order valence-corrected chi connectivity index (χ0v) is 4.68. The van der Waals surface area contributed by atoms with E-state index >= 15 is 0 Å². The third kappa shape index (κ3) is 0.556. The van der Waals surface area contributed by atoms with Crippen molar-refractivity contribution in [2.45, 2.75) is 0 Å². The number of hydrogen-bond acceptors (Lipinski definition) is 2. The molecule has 0 aromatic carbocycles. The van der Waals surface area contributed by atoms with Gasteiger partial charge in [0.2, 0.25) is 0 Å². The van der Waals surface area contributed by atoms with E-state index in [1.165, 1.54) is 0 Å². The maximum atomic E-state index is 3.95. The first-order valence-corrected chi connectivity index (χ1v) is 2.69. The number of H-pyrrole nitrogens is 1. The zero-order valence-electron chi connectivity index (χ0n) is 4.68. The van der Waals surface area contributed by atoms with Crippen LogP contribution in [0, 0.1) is 0 Å². The molecule has 2 heterocycles. The Balaban J connectivity index is 2.65. The van der Waals surface area contributed by atoms with Gasteiger partial charge >= 0.3 is 0 Å². The average molecular weight is 119 g/mol. The van der Waals surface area contributed by atoms with Crippen LogP contribution in [0.5, 0.6) is 0 Å². The maximum absolute atomic E-state index is 3.95. The van der Waals surface area contributed by atoms with Crippen molar-refractivity contribution in [1.82, 2.24) is 4.98 Å². The molecule has 0 amide bonds. The Labute approximate surface area is 52.1 Å². The van der Waals surface area contributed by atoms with Gasteiger partial charge in [-0.05, 0) is 6.07 Å². The van der Waals surface area contributed by atoms with Crippen molar-refractivity contribution >= 4 is 17.4 Å². The van der Waals surface area contributed by atoms with Crippen molar-refractivity contribution in [2.75, 3.05) is 5.32 Å². The van der Waals surface area contributed by atoms with E-state index in [-0.39, 0.29) is 0 Å². The summed E-state index contributed by atoms with van der Waals surface area (Å²) in [5.41, 5.74) is 0.914. The minimum atomic E-state index is 0.914. The Kier molecular flexibility index (Phi) is 0.737. The molecule has 1 aromatic rings. The van der Waals surface area contributed by atoms with Crippen LogP contribution in [0.25, 0.3) is 0 Å². The Hall–Kier alpha value is -1.47. The lowest BCUT2D eigenvalue weighted by Crippen LogP contribution is -1.90. The highest BCUT2D eigenvalue weighted by Crippen LogP contribution is 2.23. The summed E-state index contributed by atoms with van der Waals surface area (Å²) < 4.78 is 0. The van der Waals surface area contributed by atoms with Crippen LogP contribution in [-0.4, -0.2) is 10.9 Å². The first-order chi connectivity index (χ1) is 4.47. The molecule has 1 aliphatic rings. The van der Waals surface area contributed by atoms with Crippen LogP contribution in [0.2, 0.25) is 0 Å². The quantitative estimate of drug-likeness (QED) is 0.530.